The average Bonchev–Trinajstić information content (AvgIpc) is 2.95. The maximum absolute atomic E-state index is 14.1. The van der Waals surface area contributed by atoms with Crippen molar-refractivity contribution in [2.24, 2.45) is 0 Å². The highest BCUT2D eigenvalue weighted by Crippen LogP contribution is 2.25. The van der Waals surface area contributed by atoms with E-state index in [1.165, 1.54) is 4.90 Å². The van der Waals surface area contributed by atoms with Crippen LogP contribution in [0.25, 0.3) is 0 Å². The van der Waals surface area contributed by atoms with Crippen LogP contribution in [-0.2, 0) is 39.0 Å². The van der Waals surface area contributed by atoms with Gasteiger partial charge in [-0.25, -0.2) is 8.42 Å². The summed E-state index contributed by atoms with van der Waals surface area (Å²) in [5.41, 5.74) is 2.94. The maximum Gasteiger partial charge on any atom is 0.244 e. The standard InChI is InChI=1S/C31H37Cl2N3O4S/c1-4-6-18-34-31(38)29(20-24-10-8-7-9-11-24)35(21-25-14-17-27(32)28(33)19-25)30(37)22-36(41(3,39)40)26-15-12-23(5-2)13-16-26/h7-17,19,29H,4-6,18,20-22H2,1-3H3,(H,34,38)/t29-/m0/s1. The highest BCUT2D eigenvalue weighted by Gasteiger charge is 2.33. The van der Waals surface area contributed by atoms with Crippen LogP contribution in [0.4, 0.5) is 5.69 Å². The van der Waals surface area contributed by atoms with E-state index in [0.717, 1.165) is 41.0 Å². The lowest BCUT2D eigenvalue weighted by molar-refractivity contribution is -0.140. The third-order valence-electron chi connectivity index (χ3n) is 6.75. The Morgan fingerprint density at radius 3 is 2.12 bits per heavy atom. The lowest BCUT2D eigenvalue weighted by atomic mass is 10.0. The summed E-state index contributed by atoms with van der Waals surface area (Å²) in [5, 5.41) is 3.64. The molecule has 0 spiro atoms. The Hall–Kier alpha value is -3.07. The Kier molecular flexibility index (Phi) is 12.1. The number of nitrogens with zero attached hydrogens (tertiary/aromatic N) is 2. The van der Waals surface area contributed by atoms with E-state index in [2.05, 4.69) is 5.32 Å². The summed E-state index contributed by atoms with van der Waals surface area (Å²) in [6.07, 6.45) is 3.80. The van der Waals surface area contributed by atoms with Crippen molar-refractivity contribution in [1.82, 2.24) is 10.2 Å². The smallest absolute Gasteiger partial charge is 0.244 e. The SMILES string of the molecule is CCCCNC(=O)[C@H](Cc1ccccc1)N(Cc1ccc(Cl)c(Cl)c1)C(=O)CN(c1ccc(CC)cc1)S(C)(=O)=O. The molecule has 10 heteroatoms. The highest BCUT2D eigenvalue weighted by atomic mass is 35.5. The molecule has 0 aliphatic carbocycles. The van der Waals surface area contributed by atoms with Crippen molar-refractivity contribution < 1.29 is 18.0 Å². The van der Waals surface area contributed by atoms with Crippen molar-refractivity contribution in [3.8, 4) is 0 Å². The molecule has 0 aliphatic heterocycles. The van der Waals surface area contributed by atoms with E-state index in [1.807, 2.05) is 56.3 Å². The summed E-state index contributed by atoms with van der Waals surface area (Å²) in [6, 6.07) is 20.6. The quantitative estimate of drug-likeness (QED) is 0.229. The van der Waals surface area contributed by atoms with Gasteiger partial charge in [-0.2, -0.15) is 0 Å². The number of hydrogen-bond acceptors (Lipinski definition) is 4. The number of halogens is 2. The molecule has 1 atom stereocenters. The molecule has 0 bridgehead atoms. The summed E-state index contributed by atoms with van der Waals surface area (Å²) in [6.45, 7) is 4.06. The van der Waals surface area contributed by atoms with Gasteiger partial charge >= 0.3 is 0 Å². The van der Waals surface area contributed by atoms with Gasteiger partial charge in [-0.1, -0.05) is 92.0 Å². The van der Waals surface area contributed by atoms with E-state index in [0.29, 0.717) is 27.8 Å². The van der Waals surface area contributed by atoms with Gasteiger partial charge in [-0.3, -0.25) is 13.9 Å². The van der Waals surface area contributed by atoms with Crippen LogP contribution in [-0.4, -0.2) is 50.5 Å². The first-order valence-electron chi connectivity index (χ1n) is 13.6. The van der Waals surface area contributed by atoms with Crippen LogP contribution in [0.3, 0.4) is 0 Å². The van der Waals surface area contributed by atoms with Crippen molar-refractivity contribution in [1.29, 1.82) is 0 Å². The monoisotopic (exact) mass is 617 g/mol. The molecule has 7 nitrogen and oxygen atoms in total. The number of aryl methyl sites for hydroxylation is 1. The number of carbonyl (C=O) groups is 2. The minimum atomic E-state index is -3.83. The molecule has 0 aliphatic rings. The zero-order valence-electron chi connectivity index (χ0n) is 23.6. The van der Waals surface area contributed by atoms with Gasteiger partial charge in [0.25, 0.3) is 0 Å². The molecule has 1 N–H and O–H groups in total. The normalized spacial score (nSPS) is 12.0. The van der Waals surface area contributed by atoms with Gasteiger partial charge in [0, 0.05) is 19.5 Å². The maximum atomic E-state index is 14.1. The molecule has 0 radical (unpaired) electrons. The molecule has 3 aromatic carbocycles. The number of carbonyl (C=O) groups excluding carboxylic acids is 2. The summed E-state index contributed by atoms with van der Waals surface area (Å²) in [4.78, 5) is 29.2. The molecule has 0 unspecified atom stereocenters. The molecule has 41 heavy (non-hydrogen) atoms. The minimum Gasteiger partial charge on any atom is -0.354 e. The average molecular weight is 619 g/mol. The van der Waals surface area contributed by atoms with Crippen LogP contribution in [0.1, 0.15) is 43.4 Å². The number of nitrogens with one attached hydrogen (secondary N) is 1. The molecule has 0 saturated heterocycles. The molecule has 0 heterocycles. The van der Waals surface area contributed by atoms with E-state index >= 15 is 0 Å². The number of unbranched alkanes of at least 4 members (excludes halogenated alkanes) is 1. The molecule has 0 fully saturated rings. The first-order chi connectivity index (χ1) is 19.5. The predicted molar refractivity (Wildman–Crippen MR) is 167 cm³/mol. The van der Waals surface area contributed by atoms with Gasteiger partial charge in [-0.05, 0) is 53.8 Å². The van der Waals surface area contributed by atoms with E-state index in [9.17, 15) is 18.0 Å². The van der Waals surface area contributed by atoms with Gasteiger partial charge in [-0.15, -0.1) is 0 Å². The zero-order chi connectivity index (χ0) is 30.0. The van der Waals surface area contributed by atoms with Crippen molar-refractivity contribution >= 4 is 50.7 Å². The third kappa shape index (κ3) is 9.48. The topological polar surface area (TPSA) is 86.8 Å². The molecular formula is C31H37Cl2N3O4S. The van der Waals surface area contributed by atoms with Crippen LogP contribution in [0, 0.1) is 0 Å². The minimum absolute atomic E-state index is 0.0286. The molecule has 3 rings (SSSR count). The molecule has 2 amide bonds. The van der Waals surface area contributed by atoms with Gasteiger partial charge in [0.1, 0.15) is 12.6 Å². The number of amides is 2. The first kappa shape index (κ1) is 32.4. The van der Waals surface area contributed by atoms with E-state index in [-0.39, 0.29) is 18.9 Å². The van der Waals surface area contributed by atoms with Gasteiger partial charge < -0.3 is 10.2 Å². The second-order valence-corrected chi connectivity index (χ2v) is 12.6. The molecule has 3 aromatic rings. The van der Waals surface area contributed by atoms with Crippen LogP contribution in [0.5, 0.6) is 0 Å². The van der Waals surface area contributed by atoms with Crippen molar-refractivity contribution in [3.63, 3.8) is 0 Å². The zero-order valence-corrected chi connectivity index (χ0v) is 26.0. The Balaban J connectivity index is 2.04. The Bertz CT molecular complexity index is 1420. The van der Waals surface area contributed by atoms with Crippen LogP contribution in [0.15, 0.2) is 72.8 Å². The lowest BCUT2D eigenvalue weighted by Crippen LogP contribution is -2.53. The van der Waals surface area contributed by atoms with Crippen molar-refractivity contribution in [2.45, 2.75) is 52.1 Å². The number of benzene rings is 3. The summed E-state index contributed by atoms with van der Waals surface area (Å²) in [5.74, 6) is -0.832. The molecule has 0 aromatic heterocycles. The molecule has 220 valence electrons. The van der Waals surface area contributed by atoms with Crippen LogP contribution in [0.2, 0.25) is 10.0 Å². The number of rotatable bonds is 14. The Labute approximate surface area is 253 Å². The van der Waals surface area contributed by atoms with Gasteiger partial charge in [0.15, 0.2) is 0 Å². The Morgan fingerprint density at radius 2 is 1.54 bits per heavy atom. The van der Waals surface area contributed by atoms with E-state index < -0.39 is 28.5 Å². The molecule has 0 saturated carbocycles. The van der Waals surface area contributed by atoms with E-state index in [1.54, 1.807) is 30.3 Å². The summed E-state index contributed by atoms with van der Waals surface area (Å²) < 4.78 is 26.9. The summed E-state index contributed by atoms with van der Waals surface area (Å²) >= 11 is 12.4. The fourth-order valence-corrected chi connectivity index (χ4v) is 5.58. The van der Waals surface area contributed by atoms with Crippen molar-refractivity contribution in [2.75, 3.05) is 23.7 Å². The second kappa shape index (κ2) is 15.2. The summed E-state index contributed by atoms with van der Waals surface area (Å²) in [7, 11) is -3.83. The second-order valence-electron chi connectivity index (χ2n) is 9.91. The third-order valence-corrected chi connectivity index (χ3v) is 8.63. The van der Waals surface area contributed by atoms with Crippen LogP contribution < -0.4 is 9.62 Å². The fraction of sp³-hybridized carbons (Fsp3) is 0.355. The largest absolute Gasteiger partial charge is 0.354 e. The number of hydrogen-bond donors (Lipinski definition) is 1. The van der Waals surface area contributed by atoms with E-state index in [4.69, 9.17) is 23.2 Å². The predicted octanol–water partition coefficient (Wildman–Crippen LogP) is 5.88. The van der Waals surface area contributed by atoms with Crippen molar-refractivity contribution in [3.05, 3.63) is 99.5 Å². The van der Waals surface area contributed by atoms with Gasteiger partial charge in [0.05, 0.1) is 22.0 Å². The Morgan fingerprint density at radius 1 is 0.878 bits per heavy atom. The fourth-order valence-electron chi connectivity index (χ4n) is 4.41. The lowest BCUT2D eigenvalue weighted by Gasteiger charge is -2.33. The number of anilines is 1. The van der Waals surface area contributed by atoms with Gasteiger partial charge in [0.2, 0.25) is 21.8 Å². The number of sulfonamides is 1. The highest BCUT2D eigenvalue weighted by molar-refractivity contribution is 7.92. The molecular weight excluding hydrogens is 581 g/mol. The van der Waals surface area contributed by atoms with Crippen LogP contribution >= 0.6 is 23.2 Å². The first-order valence-corrected chi connectivity index (χ1v) is 16.3.